The van der Waals surface area contributed by atoms with Crippen molar-refractivity contribution in [3.63, 3.8) is 0 Å². The lowest BCUT2D eigenvalue weighted by Crippen LogP contribution is -2.43. The molecule has 37 heavy (non-hydrogen) atoms. The number of cyclic esters (lactones) is 1. The molecule has 0 aromatic heterocycles. The number of ether oxygens (including phenoxy) is 4. The Morgan fingerprint density at radius 3 is 2.30 bits per heavy atom. The summed E-state index contributed by atoms with van der Waals surface area (Å²) in [6, 6.07) is 9.87. The van der Waals surface area contributed by atoms with Crippen LogP contribution in [0.15, 0.2) is 48.5 Å². The number of carbonyl (C=O) groups excluding carboxylic acids is 3. The molecule has 12 heteroatoms. The lowest BCUT2D eigenvalue weighted by Gasteiger charge is -2.27. The van der Waals surface area contributed by atoms with Crippen LogP contribution in [0.1, 0.15) is 48.4 Å². The monoisotopic (exact) mass is 527 g/mol. The number of amides is 2. The zero-order chi connectivity index (χ0) is 27.5. The SMILES string of the molecule is COC(=O)c1ccc(C2OC(=O)N(C(=O)OC(C)(C)C)C2Cc2cccc(OC(F)(F)C(F)F)c2)cc1. The predicted octanol–water partition coefficient (Wildman–Crippen LogP) is 5.75. The van der Waals surface area contributed by atoms with Gasteiger partial charge in [-0.2, -0.15) is 17.6 Å². The Bertz CT molecular complexity index is 1150. The number of alkyl halides is 4. The Hall–Kier alpha value is -3.83. The molecule has 1 aliphatic rings. The van der Waals surface area contributed by atoms with Crippen molar-refractivity contribution < 1.29 is 50.9 Å². The molecule has 1 aliphatic heterocycles. The van der Waals surface area contributed by atoms with Crippen molar-refractivity contribution in [3.8, 4) is 5.75 Å². The summed E-state index contributed by atoms with van der Waals surface area (Å²) in [5.74, 6) is -1.12. The van der Waals surface area contributed by atoms with E-state index in [1.165, 1.54) is 43.5 Å². The largest absolute Gasteiger partial charge is 0.465 e. The van der Waals surface area contributed by atoms with Crippen LogP contribution in [0, 0.1) is 0 Å². The van der Waals surface area contributed by atoms with Gasteiger partial charge in [0.05, 0.1) is 18.7 Å². The van der Waals surface area contributed by atoms with Gasteiger partial charge in [0.2, 0.25) is 0 Å². The number of esters is 1. The number of halogens is 4. The summed E-state index contributed by atoms with van der Waals surface area (Å²) in [4.78, 5) is 38.2. The molecular weight excluding hydrogens is 502 g/mol. The van der Waals surface area contributed by atoms with E-state index in [9.17, 15) is 31.9 Å². The van der Waals surface area contributed by atoms with Gasteiger partial charge in [-0.3, -0.25) is 0 Å². The fourth-order valence-corrected chi connectivity index (χ4v) is 3.63. The Morgan fingerprint density at radius 2 is 1.73 bits per heavy atom. The highest BCUT2D eigenvalue weighted by molar-refractivity contribution is 5.91. The molecule has 2 aromatic rings. The third-order valence-electron chi connectivity index (χ3n) is 5.21. The molecule has 2 amide bonds. The standard InChI is InChI=1S/C25H25F4NO7/c1-24(2,3)37-23(33)30-18(13-14-6-5-7-17(12-14)36-25(28,29)21(26)27)19(35-22(30)32)15-8-10-16(11-9-15)20(31)34-4/h5-12,18-19,21H,13H2,1-4H3. The smallest absolute Gasteiger partial charge is 0.461 e. The first-order valence-corrected chi connectivity index (χ1v) is 11.1. The third kappa shape index (κ3) is 6.69. The summed E-state index contributed by atoms with van der Waals surface area (Å²) in [6.07, 6.45) is -11.9. The van der Waals surface area contributed by atoms with E-state index in [4.69, 9.17) is 9.47 Å². The van der Waals surface area contributed by atoms with Crippen molar-refractivity contribution >= 4 is 18.2 Å². The van der Waals surface area contributed by atoms with E-state index in [1.807, 2.05) is 0 Å². The number of hydrogen-bond donors (Lipinski definition) is 0. The van der Waals surface area contributed by atoms with E-state index < -0.39 is 54.2 Å². The van der Waals surface area contributed by atoms with Gasteiger partial charge in [-0.15, -0.1) is 0 Å². The van der Waals surface area contributed by atoms with Gasteiger partial charge in [-0.05, 0) is 62.6 Å². The maximum atomic E-state index is 13.4. The van der Waals surface area contributed by atoms with Gasteiger partial charge in [0.25, 0.3) is 0 Å². The maximum Gasteiger partial charge on any atom is 0.461 e. The molecule has 2 atom stereocenters. The van der Waals surface area contributed by atoms with Crippen molar-refractivity contribution in [2.45, 2.75) is 57.5 Å². The van der Waals surface area contributed by atoms with Gasteiger partial charge in [-0.25, -0.2) is 19.3 Å². The second kappa shape index (κ2) is 10.7. The highest BCUT2D eigenvalue weighted by atomic mass is 19.3. The average Bonchev–Trinajstić information content (AvgIpc) is 3.13. The molecule has 3 rings (SSSR count). The fourth-order valence-electron chi connectivity index (χ4n) is 3.63. The molecule has 0 saturated carbocycles. The molecule has 0 spiro atoms. The summed E-state index contributed by atoms with van der Waals surface area (Å²) >= 11 is 0. The number of hydrogen-bond acceptors (Lipinski definition) is 7. The molecule has 1 heterocycles. The van der Waals surface area contributed by atoms with E-state index in [1.54, 1.807) is 20.8 Å². The molecule has 200 valence electrons. The quantitative estimate of drug-likeness (QED) is 0.257. The van der Waals surface area contributed by atoms with E-state index >= 15 is 0 Å². The summed E-state index contributed by atoms with van der Waals surface area (Å²) < 4.78 is 71.6. The molecule has 2 aromatic carbocycles. The van der Waals surface area contributed by atoms with Crippen LogP contribution < -0.4 is 4.74 Å². The van der Waals surface area contributed by atoms with Crippen LogP contribution in [0.2, 0.25) is 0 Å². The fraction of sp³-hybridized carbons (Fsp3) is 0.400. The van der Waals surface area contributed by atoms with Gasteiger partial charge >= 0.3 is 30.7 Å². The minimum atomic E-state index is -4.71. The third-order valence-corrected chi connectivity index (χ3v) is 5.21. The van der Waals surface area contributed by atoms with Gasteiger partial charge in [-0.1, -0.05) is 24.3 Å². The zero-order valence-electron chi connectivity index (χ0n) is 20.4. The molecule has 1 fully saturated rings. The molecule has 8 nitrogen and oxygen atoms in total. The van der Waals surface area contributed by atoms with Crippen molar-refractivity contribution in [2.24, 2.45) is 0 Å². The normalized spacial score (nSPS) is 18.0. The van der Waals surface area contributed by atoms with Crippen LogP contribution >= 0.6 is 0 Å². The first-order valence-electron chi connectivity index (χ1n) is 11.1. The van der Waals surface area contributed by atoms with Crippen LogP contribution in [0.25, 0.3) is 0 Å². The topological polar surface area (TPSA) is 91.4 Å². The summed E-state index contributed by atoms with van der Waals surface area (Å²) in [7, 11) is 1.22. The molecular formula is C25H25F4NO7. The Morgan fingerprint density at radius 1 is 1.08 bits per heavy atom. The highest BCUT2D eigenvalue weighted by Gasteiger charge is 2.48. The summed E-state index contributed by atoms with van der Waals surface area (Å²) in [5.41, 5.74) is 0.00165. The second-order valence-electron chi connectivity index (χ2n) is 9.15. The number of benzene rings is 2. The zero-order valence-corrected chi connectivity index (χ0v) is 20.4. The van der Waals surface area contributed by atoms with Crippen molar-refractivity contribution in [1.82, 2.24) is 4.90 Å². The molecule has 0 aliphatic carbocycles. The number of rotatable bonds is 7. The minimum Gasteiger partial charge on any atom is -0.465 e. The van der Waals surface area contributed by atoms with Crippen LogP contribution in [-0.2, 0) is 20.6 Å². The van der Waals surface area contributed by atoms with E-state index in [2.05, 4.69) is 9.47 Å². The Labute approximate surface area is 210 Å². The molecule has 1 saturated heterocycles. The van der Waals surface area contributed by atoms with Crippen molar-refractivity contribution in [3.05, 3.63) is 65.2 Å². The minimum absolute atomic E-state index is 0.119. The Balaban J connectivity index is 1.95. The van der Waals surface area contributed by atoms with Crippen LogP contribution in [0.5, 0.6) is 5.75 Å². The van der Waals surface area contributed by atoms with Gasteiger partial charge in [0.15, 0.2) is 6.10 Å². The van der Waals surface area contributed by atoms with Crippen LogP contribution in [-0.4, -0.2) is 54.3 Å². The van der Waals surface area contributed by atoms with E-state index in [0.717, 1.165) is 17.0 Å². The van der Waals surface area contributed by atoms with Crippen LogP contribution in [0.3, 0.4) is 0 Å². The maximum absolute atomic E-state index is 13.4. The molecule has 0 bridgehead atoms. The number of methoxy groups -OCH3 is 1. The lowest BCUT2D eigenvalue weighted by molar-refractivity contribution is -0.253. The van der Waals surface area contributed by atoms with E-state index in [0.29, 0.717) is 5.56 Å². The number of nitrogens with zero attached hydrogens (tertiary/aromatic N) is 1. The predicted molar refractivity (Wildman–Crippen MR) is 121 cm³/mol. The number of carbonyl (C=O) groups is 3. The van der Waals surface area contributed by atoms with Gasteiger partial charge in [0.1, 0.15) is 11.4 Å². The number of imide groups is 1. The van der Waals surface area contributed by atoms with Gasteiger partial charge in [0, 0.05) is 0 Å². The summed E-state index contributed by atoms with van der Waals surface area (Å²) in [6.45, 7) is 4.82. The Kier molecular flexibility index (Phi) is 7.99. The van der Waals surface area contributed by atoms with Crippen molar-refractivity contribution in [1.29, 1.82) is 0 Å². The first kappa shape index (κ1) is 27.8. The molecule has 0 N–H and O–H groups in total. The molecule has 2 unspecified atom stereocenters. The highest BCUT2D eigenvalue weighted by Crippen LogP contribution is 2.37. The van der Waals surface area contributed by atoms with E-state index in [-0.39, 0.29) is 17.5 Å². The van der Waals surface area contributed by atoms with Gasteiger partial charge < -0.3 is 18.9 Å². The second-order valence-corrected chi connectivity index (χ2v) is 9.15. The summed E-state index contributed by atoms with van der Waals surface area (Å²) in [5, 5.41) is 0. The lowest BCUT2D eigenvalue weighted by atomic mass is 9.95. The first-order chi connectivity index (χ1) is 17.2. The van der Waals surface area contributed by atoms with Crippen LogP contribution in [0.4, 0.5) is 27.2 Å². The van der Waals surface area contributed by atoms with Crippen molar-refractivity contribution in [2.75, 3.05) is 7.11 Å². The average molecular weight is 527 g/mol. The molecule has 0 radical (unpaired) electrons.